The Labute approximate surface area is 66.3 Å². The third-order valence-electron chi connectivity index (χ3n) is 0.368. The van der Waals surface area contributed by atoms with Crippen molar-refractivity contribution in [1.29, 1.82) is 0 Å². The molecule has 6 heteroatoms. The Hall–Kier alpha value is -0.740. The zero-order valence-corrected chi connectivity index (χ0v) is 6.13. The second-order valence-electron chi connectivity index (χ2n) is 1.01. The first-order valence-corrected chi connectivity index (χ1v) is 3.05. The van der Waals surface area contributed by atoms with E-state index in [0.717, 1.165) is 0 Å². The van der Waals surface area contributed by atoms with Gasteiger partial charge in [-0.05, 0) is 0 Å². The topological polar surface area (TPSA) is 74.6 Å². The molecule has 0 spiro atoms. The number of aliphatic carboxylic acids is 2. The Morgan fingerprint density at radius 2 is 1.20 bits per heavy atom. The molecular weight excluding hydrogens is 183 g/mol. The molecular formula is C4H4Cl2O4. The molecule has 0 rings (SSSR count). The van der Waals surface area contributed by atoms with Gasteiger partial charge < -0.3 is 10.2 Å². The summed E-state index contributed by atoms with van der Waals surface area (Å²) in [6.07, 6.45) is 1.12. The van der Waals surface area contributed by atoms with Crippen molar-refractivity contribution in [1.82, 2.24) is 0 Å². The van der Waals surface area contributed by atoms with E-state index in [1.54, 1.807) is 0 Å². The molecule has 0 bridgehead atoms. The lowest BCUT2D eigenvalue weighted by Gasteiger charge is -1.74. The van der Waals surface area contributed by atoms with Gasteiger partial charge in [0.15, 0.2) is 0 Å². The molecule has 0 saturated carbocycles. The van der Waals surface area contributed by atoms with Crippen LogP contribution < -0.4 is 0 Å². The van der Waals surface area contributed by atoms with Crippen LogP contribution in [-0.4, -0.2) is 22.2 Å². The molecule has 0 saturated heterocycles. The predicted molar refractivity (Wildman–Crippen MR) is 36.1 cm³/mol. The molecule has 0 aliphatic rings. The number of carbonyl (C=O) groups is 2. The van der Waals surface area contributed by atoms with Gasteiger partial charge in [0, 0.05) is 33.9 Å². The molecule has 0 heterocycles. The van der Waals surface area contributed by atoms with E-state index in [0.29, 0.717) is 12.2 Å². The predicted octanol–water partition coefficient (Wildman–Crippen LogP) is 1.09. The summed E-state index contributed by atoms with van der Waals surface area (Å²) in [6, 6.07) is 0. The van der Waals surface area contributed by atoms with E-state index in [1.807, 2.05) is 0 Å². The number of hydrogen-bond donors (Lipinski definition) is 2. The van der Waals surface area contributed by atoms with E-state index >= 15 is 0 Å². The molecule has 0 fully saturated rings. The van der Waals surface area contributed by atoms with Crippen molar-refractivity contribution in [2.45, 2.75) is 0 Å². The van der Waals surface area contributed by atoms with Gasteiger partial charge in [0.1, 0.15) is 0 Å². The molecule has 10 heavy (non-hydrogen) atoms. The molecule has 0 atom stereocenters. The third-order valence-corrected chi connectivity index (χ3v) is 0.368. The smallest absolute Gasteiger partial charge is 0.328 e. The van der Waals surface area contributed by atoms with Gasteiger partial charge in [0.25, 0.3) is 0 Å². The summed E-state index contributed by atoms with van der Waals surface area (Å²) in [4.78, 5) is 19.1. The lowest BCUT2D eigenvalue weighted by Crippen LogP contribution is -1.91. The Balaban J connectivity index is 0. The first kappa shape index (κ1) is 12.0. The molecule has 2 N–H and O–H groups in total. The average Bonchev–Trinajstić information content (AvgIpc) is 1.89. The van der Waals surface area contributed by atoms with Gasteiger partial charge in [-0.25, -0.2) is 9.59 Å². The van der Waals surface area contributed by atoms with E-state index in [-0.39, 0.29) is 0 Å². The van der Waals surface area contributed by atoms with E-state index in [2.05, 4.69) is 21.7 Å². The summed E-state index contributed by atoms with van der Waals surface area (Å²) in [6.45, 7) is 0. The Morgan fingerprint density at radius 1 is 1.00 bits per heavy atom. The maximum Gasteiger partial charge on any atom is 0.328 e. The fraction of sp³-hybridized carbons (Fsp3) is 0. The second-order valence-corrected chi connectivity index (χ2v) is 1.01. The lowest BCUT2D eigenvalue weighted by atomic mass is 10.5. The normalized spacial score (nSPS) is 8.20. The minimum Gasteiger partial charge on any atom is -0.478 e. The van der Waals surface area contributed by atoms with E-state index in [1.165, 1.54) is 0 Å². The van der Waals surface area contributed by atoms with Crippen LogP contribution in [0.1, 0.15) is 0 Å². The summed E-state index contributed by atoms with van der Waals surface area (Å²) in [7, 11) is 8.22. The summed E-state index contributed by atoms with van der Waals surface area (Å²) in [5, 5.41) is 15.6. The van der Waals surface area contributed by atoms with E-state index in [4.69, 9.17) is 10.2 Å². The third kappa shape index (κ3) is 15.7. The number of rotatable bonds is 2. The average molecular weight is 187 g/mol. The maximum absolute atomic E-state index is 9.55. The molecule has 0 aliphatic carbocycles. The van der Waals surface area contributed by atoms with E-state index in [9.17, 15) is 9.59 Å². The standard InChI is InChI=1S/C4H4O4.Cl2/c5-3(6)1-2-4(7)8;1-2/h1-2H,(H,5,6)(H,7,8);/b2-1+;. The first-order chi connectivity index (χ1) is 4.63. The second kappa shape index (κ2) is 8.26. The van der Waals surface area contributed by atoms with Crippen LogP contribution in [0.2, 0.25) is 0 Å². The maximum atomic E-state index is 9.55. The number of halogens is 2. The number of hydrogen-bond acceptors (Lipinski definition) is 2. The van der Waals surface area contributed by atoms with Crippen LogP contribution in [0.5, 0.6) is 0 Å². The molecule has 0 aliphatic heterocycles. The SMILES string of the molecule is ClCl.O=C(O)/C=C/C(=O)O. The van der Waals surface area contributed by atoms with Crippen molar-refractivity contribution >= 4 is 33.6 Å². The molecule has 0 radical (unpaired) electrons. The fourth-order valence-electron chi connectivity index (χ4n) is 0.143. The molecule has 0 aromatic carbocycles. The molecule has 0 aromatic heterocycles. The van der Waals surface area contributed by atoms with Crippen LogP contribution in [0, 0.1) is 0 Å². The van der Waals surface area contributed by atoms with Crippen LogP contribution >= 0.6 is 21.7 Å². The van der Waals surface area contributed by atoms with Gasteiger partial charge in [-0.3, -0.25) is 0 Å². The Morgan fingerprint density at radius 3 is 1.30 bits per heavy atom. The number of carboxylic acid groups (broad SMARTS) is 2. The van der Waals surface area contributed by atoms with Crippen LogP contribution in [-0.2, 0) is 9.59 Å². The van der Waals surface area contributed by atoms with Crippen molar-refractivity contribution in [3.8, 4) is 0 Å². The van der Waals surface area contributed by atoms with Gasteiger partial charge in [-0.2, -0.15) is 0 Å². The Kier molecular flexibility index (Phi) is 9.90. The highest BCUT2D eigenvalue weighted by molar-refractivity contribution is 6.85. The highest BCUT2D eigenvalue weighted by atomic mass is 36.5. The monoisotopic (exact) mass is 186 g/mol. The summed E-state index contributed by atoms with van der Waals surface area (Å²) >= 11 is 0. The van der Waals surface area contributed by atoms with Crippen molar-refractivity contribution in [2.24, 2.45) is 0 Å². The van der Waals surface area contributed by atoms with Crippen molar-refractivity contribution in [2.75, 3.05) is 0 Å². The molecule has 4 nitrogen and oxygen atoms in total. The quantitative estimate of drug-likeness (QED) is 0.634. The fourth-order valence-corrected chi connectivity index (χ4v) is 0.143. The van der Waals surface area contributed by atoms with Gasteiger partial charge in [0.2, 0.25) is 0 Å². The first-order valence-electron chi connectivity index (χ1n) is 1.91. The zero-order chi connectivity index (χ0) is 8.57. The van der Waals surface area contributed by atoms with Crippen LogP contribution in [0.15, 0.2) is 12.2 Å². The molecule has 58 valence electrons. The van der Waals surface area contributed by atoms with Crippen molar-refractivity contribution < 1.29 is 19.8 Å². The highest BCUT2D eigenvalue weighted by Crippen LogP contribution is 1.70. The van der Waals surface area contributed by atoms with Gasteiger partial charge in [-0.1, -0.05) is 0 Å². The number of carboxylic acids is 2. The lowest BCUT2D eigenvalue weighted by molar-refractivity contribution is -0.134. The van der Waals surface area contributed by atoms with Gasteiger partial charge >= 0.3 is 11.9 Å². The summed E-state index contributed by atoms with van der Waals surface area (Å²) < 4.78 is 0. The molecule has 0 unspecified atom stereocenters. The van der Waals surface area contributed by atoms with Crippen molar-refractivity contribution in [3.05, 3.63) is 12.2 Å². The molecule has 0 aromatic rings. The minimum atomic E-state index is -1.26. The highest BCUT2D eigenvalue weighted by Gasteiger charge is 1.88. The molecule has 0 amide bonds. The van der Waals surface area contributed by atoms with E-state index < -0.39 is 11.9 Å². The summed E-state index contributed by atoms with van der Waals surface area (Å²) in [5.74, 6) is -2.51. The minimum absolute atomic E-state index is 0.558. The van der Waals surface area contributed by atoms with Gasteiger partial charge in [-0.15, -0.1) is 0 Å². The zero-order valence-electron chi connectivity index (χ0n) is 4.62. The Bertz CT molecular complexity index is 126. The van der Waals surface area contributed by atoms with Crippen LogP contribution in [0.3, 0.4) is 0 Å². The van der Waals surface area contributed by atoms with Crippen LogP contribution in [0.25, 0.3) is 0 Å². The van der Waals surface area contributed by atoms with Crippen LogP contribution in [0.4, 0.5) is 0 Å². The van der Waals surface area contributed by atoms with Gasteiger partial charge in [0.05, 0.1) is 0 Å². The van der Waals surface area contributed by atoms with Crippen molar-refractivity contribution in [3.63, 3.8) is 0 Å². The largest absolute Gasteiger partial charge is 0.478 e. The summed E-state index contributed by atoms with van der Waals surface area (Å²) in [5.41, 5.74) is 0.